The van der Waals surface area contributed by atoms with E-state index in [1.54, 1.807) is 24.3 Å². The maximum atomic E-state index is 12.4. The summed E-state index contributed by atoms with van der Waals surface area (Å²) in [5.74, 6) is -4.56. The van der Waals surface area contributed by atoms with E-state index in [9.17, 15) is 72.0 Å². The molecule has 12 heterocycles. The van der Waals surface area contributed by atoms with Gasteiger partial charge in [0, 0.05) is 24.7 Å². The van der Waals surface area contributed by atoms with Crippen LogP contribution in [0.4, 0.5) is 23.1 Å². The second-order valence-corrected chi connectivity index (χ2v) is 42.8. The lowest BCUT2D eigenvalue weighted by atomic mass is 10.1. The van der Waals surface area contributed by atoms with E-state index in [0.29, 0.717) is 74.3 Å². The van der Waals surface area contributed by atoms with Crippen molar-refractivity contribution in [2.75, 3.05) is 43.0 Å². The number of Topliss-reactive ketones (excluding diaryl/α,β-unsaturated/α-hetero) is 4. The first kappa shape index (κ1) is 90.1. The fraction of sp³-hybridized carbons (Fsp3) is 0.146. The van der Waals surface area contributed by atoms with E-state index < -0.39 is 85.5 Å². The standard InChI is InChI=1S/2C21H16ClN3O4S2.2C20H15ClN4O4S2/c22-18-7-9-21(30-18)31(28,29)13-16(26)10-14-6-8-19(23-12-14)25-20(27)11-17(24-25)15-4-2-1-3-5-15;22-19-8-9-21(30-19)31(28,29)13-17(26)10-15-6-7-16(12-23-15)25-20(27)11-18(24-25)14-4-2-1-3-5-14;21-17-7-9-20(30-17)31(28,29)12-15(26)10-14-6-8-18(23-22-14)25-19(27)11-16(24-25)13-4-2-1-3-5-13;21-17-6-7-20(30-17)31(28,29)12-15(26)8-14-10-23-18(11-22-14)25-19(27)9-16(24-25)13-4-2-1-3-5-13/h2*1-9,12H,10-11,13H2;1-9H,10-12H2;1-7,10-11H,8-9,12H2. The first-order valence-corrected chi connectivity index (χ1v) is 48.0. The molecule has 0 unspecified atom stereocenters. The number of hydrogen-bond acceptors (Lipinski definition) is 30. The lowest BCUT2D eigenvalue weighted by molar-refractivity contribution is -0.117. The molecule has 16 rings (SSSR count). The number of carbonyl (C=O) groups is 8. The third-order valence-electron chi connectivity index (χ3n) is 17.8. The number of hydrogen-bond donors (Lipinski definition) is 0. The smallest absolute Gasteiger partial charge is 0.255 e. The highest BCUT2D eigenvalue weighted by molar-refractivity contribution is 7.95. The van der Waals surface area contributed by atoms with Crippen LogP contribution in [0.15, 0.2) is 268 Å². The van der Waals surface area contributed by atoms with E-state index in [-0.39, 0.29) is 103 Å². The first-order chi connectivity index (χ1) is 59.3. The minimum Gasteiger partial charge on any atom is -0.298 e. The monoisotopic (exact) mass is 1890 g/mol. The Morgan fingerprint density at radius 3 is 0.952 bits per heavy atom. The van der Waals surface area contributed by atoms with Gasteiger partial charge in [-0.2, -0.15) is 45.5 Å². The van der Waals surface area contributed by atoms with Crippen molar-refractivity contribution >= 4 is 224 Å². The van der Waals surface area contributed by atoms with Gasteiger partial charge in [-0.3, -0.25) is 48.3 Å². The van der Waals surface area contributed by atoms with Crippen LogP contribution in [0.1, 0.15) is 70.6 Å². The highest BCUT2D eigenvalue weighted by Crippen LogP contribution is 2.33. The summed E-state index contributed by atoms with van der Waals surface area (Å²) in [4.78, 5) is 115. The van der Waals surface area contributed by atoms with Gasteiger partial charge in [-0.15, -0.1) is 50.4 Å². The van der Waals surface area contributed by atoms with Crippen LogP contribution in [0.2, 0.25) is 17.3 Å². The highest BCUT2D eigenvalue weighted by Gasteiger charge is 2.33. The van der Waals surface area contributed by atoms with Gasteiger partial charge in [0.25, 0.3) is 23.6 Å². The zero-order valence-electron chi connectivity index (χ0n) is 64.0. The van der Waals surface area contributed by atoms with Gasteiger partial charge in [0.15, 0.2) is 79.9 Å². The number of hydrazone groups is 4. The lowest BCUT2D eigenvalue weighted by Crippen LogP contribution is -2.22. The molecule has 4 aromatic carbocycles. The van der Waals surface area contributed by atoms with Gasteiger partial charge >= 0.3 is 0 Å². The molecular weight excluding hydrogens is 1840 g/mol. The van der Waals surface area contributed by atoms with Crippen molar-refractivity contribution in [1.29, 1.82) is 0 Å². The second kappa shape index (κ2) is 39.9. The average Bonchev–Trinajstić information content (AvgIpc) is 1.68. The molecule has 0 N–H and O–H groups in total. The SMILES string of the molecule is O=C(Cc1ccc(N2N=C(c3ccccc3)CC2=O)cn1)CS(=O)(=O)c1ccc(Cl)s1.O=C(Cc1ccc(N2N=C(c3ccccc3)CC2=O)nc1)CS(=O)(=O)c1ccc(Cl)s1.O=C(Cc1ccc(N2N=C(c3ccccc3)CC2=O)nn1)CS(=O)(=O)c1ccc(Cl)s1.O=C(Cc1cnc(N2N=C(c3ccccc3)CC2=O)cn1)CS(=O)(=O)c1ccc(Cl)s1. The maximum Gasteiger partial charge on any atom is 0.255 e. The Morgan fingerprint density at radius 1 is 0.298 bits per heavy atom. The van der Waals surface area contributed by atoms with Crippen molar-refractivity contribution in [2.45, 2.75) is 68.2 Å². The Labute approximate surface area is 744 Å². The molecule has 0 bridgehead atoms. The van der Waals surface area contributed by atoms with E-state index >= 15 is 0 Å². The minimum atomic E-state index is -3.75. The van der Waals surface area contributed by atoms with Gasteiger partial charge in [-0.25, -0.2) is 43.6 Å². The van der Waals surface area contributed by atoms with E-state index in [0.717, 1.165) is 67.6 Å². The van der Waals surface area contributed by atoms with E-state index in [1.807, 2.05) is 121 Å². The molecule has 0 saturated carbocycles. The third-order valence-corrected chi connectivity index (χ3v) is 31.8. The van der Waals surface area contributed by atoms with E-state index in [2.05, 4.69) is 50.5 Å². The van der Waals surface area contributed by atoms with E-state index in [1.165, 1.54) is 105 Å². The molecule has 30 nitrogen and oxygen atoms in total. The number of halogens is 4. The van der Waals surface area contributed by atoms with Crippen molar-refractivity contribution in [2.24, 2.45) is 20.4 Å². The summed E-state index contributed by atoms with van der Waals surface area (Å²) >= 11 is 26.7. The molecule has 0 fully saturated rings. The number of anilines is 4. The van der Waals surface area contributed by atoms with Crippen LogP contribution in [0, 0.1) is 0 Å². The number of nitrogens with zero attached hydrogens (tertiary/aromatic N) is 14. The molecule has 4 amide bonds. The minimum absolute atomic E-state index is 0.0481. The third kappa shape index (κ3) is 23.6. The molecule has 4 aliphatic heterocycles. The Bertz CT molecular complexity index is 5890. The van der Waals surface area contributed by atoms with Gasteiger partial charge < -0.3 is 0 Å². The molecule has 42 heteroatoms. The quantitative estimate of drug-likeness (QED) is 0.0439. The molecule has 12 aromatic rings. The molecule has 0 spiro atoms. The largest absolute Gasteiger partial charge is 0.298 e. The van der Waals surface area contributed by atoms with Crippen LogP contribution in [0.25, 0.3) is 0 Å². The molecule has 0 saturated heterocycles. The summed E-state index contributed by atoms with van der Waals surface area (Å²) in [6.45, 7) is 0. The highest BCUT2D eigenvalue weighted by atomic mass is 35.5. The van der Waals surface area contributed by atoms with Gasteiger partial charge in [0.2, 0.25) is 0 Å². The summed E-state index contributed by atoms with van der Waals surface area (Å²) in [7, 11) is -15.0. The Kier molecular flexibility index (Phi) is 29.0. The number of pyridine rings is 2. The van der Waals surface area contributed by atoms with Crippen LogP contribution < -0.4 is 20.0 Å². The average molecular weight is 1900 g/mol. The number of thiophene rings is 4. The fourth-order valence-corrected chi connectivity index (χ4v) is 23.3. The van der Waals surface area contributed by atoms with Gasteiger partial charge in [-0.1, -0.05) is 174 Å². The number of rotatable bonds is 28. The summed E-state index contributed by atoms with van der Waals surface area (Å²) in [5, 5.41) is 30.2. The van der Waals surface area contributed by atoms with Crippen LogP contribution >= 0.6 is 91.8 Å². The van der Waals surface area contributed by atoms with Crippen molar-refractivity contribution < 1.29 is 72.0 Å². The molecule has 632 valence electrons. The molecule has 8 aromatic heterocycles. The van der Waals surface area contributed by atoms with Crippen molar-refractivity contribution in [3.63, 3.8) is 0 Å². The van der Waals surface area contributed by atoms with Crippen LogP contribution in [-0.4, -0.2) is 156 Å². The van der Waals surface area contributed by atoms with Crippen molar-refractivity contribution in [3.8, 4) is 0 Å². The number of ketones is 4. The number of amides is 4. The number of carbonyl (C=O) groups excluding carboxylic acids is 8. The van der Waals surface area contributed by atoms with Crippen molar-refractivity contribution in [1.82, 2.24) is 30.1 Å². The van der Waals surface area contributed by atoms with Crippen LogP contribution in [-0.2, 0) is 103 Å². The maximum absolute atomic E-state index is 12.4. The fourth-order valence-electron chi connectivity index (χ4n) is 12.1. The van der Waals surface area contributed by atoms with Crippen LogP contribution in [0.3, 0.4) is 0 Å². The Morgan fingerprint density at radius 2 is 0.621 bits per heavy atom. The van der Waals surface area contributed by atoms with E-state index in [4.69, 9.17) is 46.4 Å². The Hall–Kier alpha value is -11.7. The molecule has 4 aliphatic rings. The number of benzene rings is 4. The number of sulfone groups is 4. The van der Waals surface area contributed by atoms with Gasteiger partial charge in [0.1, 0.15) is 39.8 Å². The number of aromatic nitrogens is 6. The predicted octanol–water partition coefficient (Wildman–Crippen LogP) is 12.9. The molecule has 0 radical (unpaired) electrons. The zero-order chi connectivity index (χ0) is 88.0. The van der Waals surface area contributed by atoms with Gasteiger partial charge in [0.05, 0.1) is 114 Å². The zero-order valence-corrected chi connectivity index (χ0v) is 73.6. The Balaban J connectivity index is 0.000000142. The lowest BCUT2D eigenvalue weighted by Gasteiger charge is -2.11. The first-order valence-electron chi connectivity index (χ1n) is 36.6. The topological polar surface area (TPSA) is 413 Å². The van der Waals surface area contributed by atoms with Crippen molar-refractivity contribution in [3.05, 3.63) is 293 Å². The summed E-state index contributed by atoms with van der Waals surface area (Å²) in [6.07, 6.45) is 5.63. The summed E-state index contributed by atoms with van der Waals surface area (Å²) in [5.41, 5.74) is 8.07. The molecule has 0 atom stereocenters. The molecule has 0 aliphatic carbocycles. The molecular formula is C82H62Cl4N14O16S8. The van der Waals surface area contributed by atoms with Gasteiger partial charge in [-0.05, 0) is 107 Å². The normalized spacial score (nSPS) is 14.0. The summed E-state index contributed by atoms with van der Waals surface area (Å²) in [6, 6.07) is 58.5. The van der Waals surface area contributed by atoms with Crippen LogP contribution in [0.5, 0.6) is 0 Å². The predicted molar refractivity (Wildman–Crippen MR) is 473 cm³/mol. The second-order valence-electron chi connectivity index (χ2n) is 27.1. The molecule has 124 heavy (non-hydrogen) atoms. The summed E-state index contributed by atoms with van der Waals surface area (Å²) < 4.78 is 100.